The second kappa shape index (κ2) is 9.29. The van der Waals surface area contributed by atoms with Gasteiger partial charge in [-0.25, -0.2) is 13.2 Å². The number of hydrogen-bond donors (Lipinski definition) is 0. The van der Waals surface area contributed by atoms with Gasteiger partial charge in [0.2, 0.25) is 0 Å². The van der Waals surface area contributed by atoms with Gasteiger partial charge in [0.05, 0.1) is 10.6 Å². The van der Waals surface area contributed by atoms with Crippen LogP contribution in [0.5, 0.6) is 0 Å². The Bertz CT molecular complexity index is 762. The minimum Gasteiger partial charge on any atom is -0.206 e. The van der Waals surface area contributed by atoms with Crippen molar-refractivity contribution in [2.45, 2.75) is 57.2 Å². The molecule has 1 radical (unpaired) electrons. The molecule has 0 aliphatic carbocycles. The molecule has 3 rings (SSSR count). The van der Waals surface area contributed by atoms with Crippen molar-refractivity contribution in [2.75, 3.05) is 0 Å². The minimum atomic E-state index is -0.682. The summed E-state index contributed by atoms with van der Waals surface area (Å²) >= 11 is 5.65. The average molecular weight is 410 g/mol. The summed E-state index contributed by atoms with van der Waals surface area (Å²) in [7, 11) is -0.129. The van der Waals surface area contributed by atoms with Gasteiger partial charge in [-0.05, 0) is 54.2 Å². The molecule has 0 aromatic heterocycles. The normalized spacial score (nSPS) is 16.0. The Labute approximate surface area is 166 Å². The van der Waals surface area contributed by atoms with Crippen LogP contribution in [0.1, 0.15) is 38.2 Å². The molecular formula is C22H25ClF3Si. The van der Waals surface area contributed by atoms with E-state index in [1.807, 2.05) is 0 Å². The van der Waals surface area contributed by atoms with E-state index in [1.54, 1.807) is 0 Å². The lowest BCUT2D eigenvalue weighted by Crippen LogP contribution is -2.21. The molecule has 1 saturated heterocycles. The third-order valence-electron chi connectivity index (χ3n) is 5.57. The van der Waals surface area contributed by atoms with Crippen molar-refractivity contribution in [3.8, 4) is 11.1 Å². The fourth-order valence-electron chi connectivity index (χ4n) is 4.05. The van der Waals surface area contributed by atoms with E-state index in [9.17, 15) is 13.2 Å². The second-order valence-electron chi connectivity index (χ2n) is 7.55. The Morgan fingerprint density at radius 3 is 2.26 bits per heavy atom. The molecule has 27 heavy (non-hydrogen) atoms. The van der Waals surface area contributed by atoms with E-state index in [0.29, 0.717) is 17.9 Å². The van der Waals surface area contributed by atoms with Crippen molar-refractivity contribution in [1.29, 1.82) is 0 Å². The quantitative estimate of drug-likeness (QED) is 0.429. The Morgan fingerprint density at radius 1 is 1.00 bits per heavy atom. The van der Waals surface area contributed by atoms with Crippen molar-refractivity contribution in [3.05, 3.63) is 58.4 Å². The summed E-state index contributed by atoms with van der Waals surface area (Å²) in [6, 6.07) is 10.8. The fraction of sp³-hybridized carbons (Fsp3) is 0.455. The Morgan fingerprint density at radius 2 is 1.67 bits per heavy atom. The molecule has 0 unspecified atom stereocenters. The van der Waals surface area contributed by atoms with Gasteiger partial charge in [0, 0.05) is 8.80 Å². The zero-order valence-corrected chi connectivity index (χ0v) is 17.4. The van der Waals surface area contributed by atoms with Gasteiger partial charge in [-0.3, -0.25) is 0 Å². The summed E-state index contributed by atoms with van der Waals surface area (Å²) in [6.45, 7) is 2.26. The number of hydrogen-bond acceptors (Lipinski definition) is 0. The van der Waals surface area contributed by atoms with Gasteiger partial charge in [0.25, 0.3) is 0 Å². The van der Waals surface area contributed by atoms with E-state index in [4.69, 9.17) is 11.6 Å². The first kappa shape index (κ1) is 20.5. The molecule has 0 spiro atoms. The average Bonchev–Trinajstić information content (AvgIpc) is 2.64. The van der Waals surface area contributed by atoms with Gasteiger partial charge in [-0.2, -0.15) is 0 Å². The lowest BCUT2D eigenvalue weighted by molar-refractivity contribution is 0.436. The van der Waals surface area contributed by atoms with E-state index >= 15 is 0 Å². The van der Waals surface area contributed by atoms with E-state index in [2.05, 4.69) is 6.92 Å². The van der Waals surface area contributed by atoms with E-state index < -0.39 is 17.5 Å². The number of halogens is 4. The summed E-state index contributed by atoms with van der Waals surface area (Å²) < 4.78 is 42.7. The van der Waals surface area contributed by atoms with Gasteiger partial charge in [0.15, 0.2) is 0 Å². The van der Waals surface area contributed by atoms with Crippen LogP contribution in [0.2, 0.25) is 23.2 Å². The molecule has 0 N–H and O–H groups in total. The molecular weight excluding hydrogens is 385 g/mol. The number of benzene rings is 2. The number of rotatable bonds is 6. The third-order valence-corrected chi connectivity index (χ3v) is 9.07. The third kappa shape index (κ3) is 5.17. The van der Waals surface area contributed by atoms with Crippen molar-refractivity contribution in [2.24, 2.45) is 5.92 Å². The molecule has 0 nitrogen and oxygen atoms in total. The summed E-state index contributed by atoms with van der Waals surface area (Å²) in [4.78, 5) is 0. The van der Waals surface area contributed by atoms with Crippen molar-refractivity contribution in [1.82, 2.24) is 0 Å². The van der Waals surface area contributed by atoms with Crippen LogP contribution in [0.3, 0.4) is 0 Å². The molecule has 2 aromatic carbocycles. The van der Waals surface area contributed by atoms with Crippen LogP contribution in [0, 0.1) is 23.4 Å². The lowest BCUT2D eigenvalue weighted by atomic mass is 9.93. The van der Waals surface area contributed by atoms with E-state index in [0.717, 1.165) is 12.5 Å². The van der Waals surface area contributed by atoms with Crippen LogP contribution in [-0.2, 0) is 6.42 Å². The first-order valence-corrected chi connectivity index (χ1v) is 12.2. The summed E-state index contributed by atoms with van der Waals surface area (Å²) in [5.74, 6) is -1.31. The van der Waals surface area contributed by atoms with Gasteiger partial charge in [-0.1, -0.05) is 62.0 Å². The topological polar surface area (TPSA) is 0 Å². The lowest BCUT2D eigenvalue weighted by Gasteiger charge is -2.27. The van der Waals surface area contributed by atoms with Gasteiger partial charge in [-0.15, -0.1) is 0 Å². The largest absolute Gasteiger partial charge is 0.206 e. The molecule has 1 aliphatic heterocycles. The minimum absolute atomic E-state index is 0.0629. The Kier molecular flexibility index (Phi) is 7.04. The summed E-state index contributed by atoms with van der Waals surface area (Å²) in [6.07, 6.45) is 5.49. The first-order chi connectivity index (χ1) is 13.0. The van der Waals surface area contributed by atoms with Crippen LogP contribution in [0.15, 0.2) is 30.3 Å². The highest BCUT2D eigenvalue weighted by Crippen LogP contribution is 2.33. The standard InChI is InChI=1S/C22H25ClF3Si/c1-2-9-27-10-7-15(8-11-27)3-4-16-12-20(25)22(21(26)13-16)17-5-6-18(23)19(24)14-17/h5-6,12-15H,2-4,7-11H2,1H3. The maximum Gasteiger partial charge on any atom is 0.142 e. The van der Waals surface area contributed by atoms with Gasteiger partial charge >= 0.3 is 0 Å². The molecule has 2 aromatic rings. The molecule has 145 valence electrons. The Balaban J connectivity index is 1.65. The predicted octanol–water partition coefficient (Wildman–Crippen LogP) is 7.67. The highest BCUT2D eigenvalue weighted by Gasteiger charge is 2.22. The SMILES string of the molecule is CCC[Si]1CCC(CCc2cc(F)c(-c3ccc(Cl)c(F)c3)c(F)c2)CC1. The van der Waals surface area contributed by atoms with Crippen molar-refractivity contribution in [3.63, 3.8) is 0 Å². The van der Waals surface area contributed by atoms with Crippen LogP contribution >= 0.6 is 11.6 Å². The monoisotopic (exact) mass is 409 g/mol. The predicted molar refractivity (Wildman–Crippen MR) is 108 cm³/mol. The highest BCUT2D eigenvalue weighted by molar-refractivity contribution is 6.58. The maximum atomic E-state index is 14.5. The molecule has 1 aliphatic rings. The maximum absolute atomic E-state index is 14.5. The van der Waals surface area contributed by atoms with E-state index in [-0.39, 0.29) is 24.9 Å². The van der Waals surface area contributed by atoms with Crippen molar-refractivity contribution < 1.29 is 13.2 Å². The Hall–Kier alpha value is -1.26. The zero-order valence-electron chi connectivity index (χ0n) is 15.6. The first-order valence-electron chi connectivity index (χ1n) is 9.74. The fourth-order valence-corrected chi connectivity index (χ4v) is 7.25. The molecule has 0 saturated carbocycles. The molecule has 0 amide bonds. The van der Waals surface area contributed by atoms with Crippen LogP contribution in [0.4, 0.5) is 13.2 Å². The molecule has 5 heteroatoms. The van der Waals surface area contributed by atoms with Crippen molar-refractivity contribution >= 4 is 20.4 Å². The van der Waals surface area contributed by atoms with Gasteiger partial charge < -0.3 is 0 Å². The summed E-state index contributed by atoms with van der Waals surface area (Å²) in [5.41, 5.74) is 0.642. The smallest absolute Gasteiger partial charge is 0.142 e. The molecule has 0 bridgehead atoms. The molecule has 1 heterocycles. The van der Waals surface area contributed by atoms with Crippen LogP contribution in [-0.4, -0.2) is 8.80 Å². The molecule has 1 fully saturated rings. The van der Waals surface area contributed by atoms with E-state index in [1.165, 1.54) is 61.7 Å². The van der Waals surface area contributed by atoms with Gasteiger partial charge in [0.1, 0.15) is 17.5 Å². The molecule has 0 atom stereocenters. The van der Waals surface area contributed by atoms with Crippen LogP contribution < -0.4 is 0 Å². The van der Waals surface area contributed by atoms with Crippen LogP contribution in [0.25, 0.3) is 11.1 Å². The highest BCUT2D eigenvalue weighted by atomic mass is 35.5. The summed E-state index contributed by atoms with van der Waals surface area (Å²) in [5, 5.41) is -0.0629. The number of aryl methyl sites for hydroxylation is 1. The zero-order chi connectivity index (χ0) is 19.4. The second-order valence-corrected chi connectivity index (χ2v) is 11.0.